The van der Waals surface area contributed by atoms with Crippen LogP contribution >= 0.6 is 0 Å². The van der Waals surface area contributed by atoms with Gasteiger partial charge < -0.3 is 4.74 Å². The van der Waals surface area contributed by atoms with Crippen molar-refractivity contribution in [2.45, 2.75) is 51.0 Å². The second-order valence-corrected chi connectivity index (χ2v) is 5.22. The highest BCUT2D eigenvalue weighted by molar-refractivity contribution is 4.78. The molecule has 88 valence electrons. The van der Waals surface area contributed by atoms with Gasteiger partial charge in [-0.15, -0.1) is 0 Å². The van der Waals surface area contributed by atoms with E-state index in [1.54, 1.807) is 0 Å². The van der Waals surface area contributed by atoms with E-state index in [2.05, 4.69) is 5.43 Å². The first-order valence-electron chi connectivity index (χ1n) is 6.42. The van der Waals surface area contributed by atoms with Gasteiger partial charge in [-0.1, -0.05) is 25.7 Å². The molecule has 3 heteroatoms. The maximum absolute atomic E-state index is 5.64. The van der Waals surface area contributed by atoms with E-state index in [1.807, 2.05) is 0 Å². The van der Waals surface area contributed by atoms with Crippen LogP contribution < -0.4 is 11.3 Å². The molecule has 1 heterocycles. The molecule has 0 spiro atoms. The van der Waals surface area contributed by atoms with Crippen molar-refractivity contribution < 1.29 is 4.74 Å². The van der Waals surface area contributed by atoms with E-state index in [0.29, 0.717) is 6.04 Å². The minimum Gasteiger partial charge on any atom is -0.381 e. The predicted molar refractivity (Wildman–Crippen MR) is 61.2 cm³/mol. The lowest BCUT2D eigenvalue weighted by molar-refractivity contribution is 0.179. The molecule has 3 nitrogen and oxygen atoms in total. The van der Waals surface area contributed by atoms with E-state index in [4.69, 9.17) is 10.6 Å². The third kappa shape index (κ3) is 3.44. The number of nitrogens with one attached hydrogen (secondary N) is 1. The maximum atomic E-state index is 5.64. The zero-order chi connectivity index (χ0) is 10.5. The summed E-state index contributed by atoms with van der Waals surface area (Å²) in [5.41, 5.74) is 3.00. The number of hydrogen-bond acceptors (Lipinski definition) is 3. The monoisotopic (exact) mass is 212 g/mol. The van der Waals surface area contributed by atoms with Crippen LogP contribution in [0.1, 0.15) is 44.9 Å². The van der Waals surface area contributed by atoms with Gasteiger partial charge in [0.1, 0.15) is 0 Å². The zero-order valence-corrected chi connectivity index (χ0v) is 9.58. The molecule has 1 aliphatic heterocycles. The molecule has 0 radical (unpaired) electrons. The van der Waals surface area contributed by atoms with Gasteiger partial charge in [-0.3, -0.25) is 11.3 Å². The Hall–Kier alpha value is -0.120. The fourth-order valence-corrected chi connectivity index (χ4v) is 3.05. The highest BCUT2D eigenvalue weighted by atomic mass is 16.5. The van der Waals surface area contributed by atoms with Crippen molar-refractivity contribution in [2.75, 3.05) is 13.2 Å². The number of ether oxygens (including phenoxy) is 1. The Kier molecular flexibility index (Phi) is 4.42. The number of rotatable bonds is 5. The van der Waals surface area contributed by atoms with Gasteiger partial charge in [0.2, 0.25) is 0 Å². The van der Waals surface area contributed by atoms with E-state index in [-0.39, 0.29) is 0 Å². The van der Waals surface area contributed by atoms with Crippen LogP contribution in [0.15, 0.2) is 0 Å². The molecule has 2 rings (SSSR count). The van der Waals surface area contributed by atoms with Crippen molar-refractivity contribution in [3.63, 3.8) is 0 Å². The largest absolute Gasteiger partial charge is 0.381 e. The maximum Gasteiger partial charge on any atom is 0.0495 e. The van der Waals surface area contributed by atoms with Gasteiger partial charge in [0.15, 0.2) is 0 Å². The number of hydrogen-bond donors (Lipinski definition) is 2. The summed E-state index contributed by atoms with van der Waals surface area (Å²) in [5.74, 6) is 7.31. The van der Waals surface area contributed by atoms with Crippen LogP contribution in [0.4, 0.5) is 0 Å². The standard InChI is InChI=1S/C12H24N2O/c13-14-12(7-10-3-1-2-4-10)8-11-5-6-15-9-11/h10-12,14H,1-9,13H2. The molecular formula is C12H24N2O. The Morgan fingerprint density at radius 2 is 1.87 bits per heavy atom. The lowest BCUT2D eigenvalue weighted by Crippen LogP contribution is -2.38. The van der Waals surface area contributed by atoms with Crippen molar-refractivity contribution in [3.05, 3.63) is 0 Å². The van der Waals surface area contributed by atoms with E-state index in [9.17, 15) is 0 Å². The Bertz CT molecular complexity index is 156. The fourth-order valence-electron chi connectivity index (χ4n) is 3.05. The molecule has 2 fully saturated rings. The summed E-state index contributed by atoms with van der Waals surface area (Å²) in [5, 5.41) is 0. The van der Waals surface area contributed by atoms with Gasteiger partial charge in [-0.05, 0) is 31.1 Å². The van der Waals surface area contributed by atoms with Gasteiger partial charge in [0, 0.05) is 19.3 Å². The van der Waals surface area contributed by atoms with Crippen molar-refractivity contribution in [1.29, 1.82) is 0 Å². The summed E-state index contributed by atoms with van der Waals surface area (Å²) in [6, 6.07) is 0.514. The third-order valence-electron chi connectivity index (χ3n) is 3.97. The lowest BCUT2D eigenvalue weighted by atomic mass is 9.91. The molecule has 0 bridgehead atoms. The highest BCUT2D eigenvalue weighted by Gasteiger charge is 2.24. The normalized spacial score (nSPS) is 29.8. The second-order valence-electron chi connectivity index (χ2n) is 5.22. The fraction of sp³-hybridized carbons (Fsp3) is 1.00. The van der Waals surface area contributed by atoms with Crippen molar-refractivity contribution in [2.24, 2.45) is 17.7 Å². The van der Waals surface area contributed by atoms with Crippen LogP contribution in [0.3, 0.4) is 0 Å². The molecule has 15 heavy (non-hydrogen) atoms. The first-order valence-corrected chi connectivity index (χ1v) is 6.42. The number of nitrogens with two attached hydrogens (primary N) is 1. The third-order valence-corrected chi connectivity index (χ3v) is 3.97. The van der Waals surface area contributed by atoms with Gasteiger partial charge in [-0.25, -0.2) is 0 Å². The lowest BCUT2D eigenvalue weighted by Gasteiger charge is -2.22. The molecule has 0 aromatic rings. The van der Waals surface area contributed by atoms with Crippen LogP contribution in [-0.4, -0.2) is 19.3 Å². The van der Waals surface area contributed by atoms with Gasteiger partial charge >= 0.3 is 0 Å². The highest BCUT2D eigenvalue weighted by Crippen LogP contribution is 2.30. The average Bonchev–Trinajstić information content (AvgIpc) is 2.89. The smallest absolute Gasteiger partial charge is 0.0495 e. The van der Waals surface area contributed by atoms with Crippen molar-refractivity contribution in [1.82, 2.24) is 5.43 Å². The Labute approximate surface area is 92.7 Å². The quantitative estimate of drug-likeness (QED) is 0.540. The molecule has 2 aliphatic rings. The first-order chi connectivity index (χ1) is 7.38. The van der Waals surface area contributed by atoms with Crippen molar-refractivity contribution in [3.8, 4) is 0 Å². The Morgan fingerprint density at radius 3 is 2.47 bits per heavy atom. The molecule has 0 aromatic heterocycles. The molecule has 1 saturated carbocycles. The molecule has 1 aliphatic carbocycles. The van der Waals surface area contributed by atoms with Gasteiger partial charge in [-0.2, -0.15) is 0 Å². The minimum absolute atomic E-state index is 0.514. The average molecular weight is 212 g/mol. The van der Waals surface area contributed by atoms with Crippen LogP contribution in [0.2, 0.25) is 0 Å². The minimum atomic E-state index is 0.514. The number of hydrazine groups is 1. The van der Waals surface area contributed by atoms with Crippen molar-refractivity contribution >= 4 is 0 Å². The summed E-state index contributed by atoms with van der Waals surface area (Å²) in [4.78, 5) is 0. The van der Waals surface area contributed by atoms with E-state index >= 15 is 0 Å². The zero-order valence-electron chi connectivity index (χ0n) is 9.58. The van der Waals surface area contributed by atoms with E-state index in [0.717, 1.165) is 25.0 Å². The molecule has 0 aromatic carbocycles. The van der Waals surface area contributed by atoms with E-state index in [1.165, 1.54) is 44.9 Å². The molecular weight excluding hydrogens is 188 g/mol. The molecule has 2 atom stereocenters. The van der Waals surface area contributed by atoms with Crippen LogP contribution in [0.5, 0.6) is 0 Å². The molecule has 0 amide bonds. The summed E-state index contributed by atoms with van der Waals surface area (Å²) in [7, 11) is 0. The molecule has 1 saturated heterocycles. The van der Waals surface area contributed by atoms with Gasteiger partial charge in [0.05, 0.1) is 0 Å². The van der Waals surface area contributed by atoms with Gasteiger partial charge in [0.25, 0.3) is 0 Å². The Balaban J connectivity index is 1.70. The topological polar surface area (TPSA) is 47.3 Å². The van der Waals surface area contributed by atoms with Crippen LogP contribution in [-0.2, 0) is 4.74 Å². The van der Waals surface area contributed by atoms with Crippen LogP contribution in [0.25, 0.3) is 0 Å². The predicted octanol–water partition coefficient (Wildman–Crippen LogP) is 1.83. The Morgan fingerprint density at radius 1 is 1.13 bits per heavy atom. The first kappa shape index (κ1) is 11.4. The summed E-state index contributed by atoms with van der Waals surface area (Å²) in [6.07, 6.45) is 9.38. The molecule has 3 N–H and O–H groups in total. The summed E-state index contributed by atoms with van der Waals surface area (Å²) < 4.78 is 5.40. The summed E-state index contributed by atoms with van der Waals surface area (Å²) in [6.45, 7) is 1.90. The summed E-state index contributed by atoms with van der Waals surface area (Å²) >= 11 is 0. The van der Waals surface area contributed by atoms with Crippen LogP contribution in [0, 0.1) is 11.8 Å². The second kappa shape index (κ2) is 5.83. The molecule has 2 unspecified atom stereocenters. The van der Waals surface area contributed by atoms with E-state index < -0.39 is 0 Å². The SMILES string of the molecule is NNC(CC1CCCC1)CC1CCOC1.